The lowest BCUT2D eigenvalue weighted by Crippen LogP contribution is -2.11. The predicted molar refractivity (Wildman–Crippen MR) is 58.6 cm³/mol. The summed E-state index contributed by atoms with van der Waals surface area (Å²) < 4.78 is 5.28. The highest BCUT2D eigenvalue weighted by molar-refractivity contribution is 5.08. The zero-order chi connectivity index (χ0) is 11.1. The average molecular weight is 205 g/mol. The molecule has 0 unspecified atom stereocenters. The van der Waals surface area contributed by atoms with Crippen LogP contribution in [-0.4, -0.2) is 42.1 Å². The van der Waals surface area contributed by atoms with Crippen LogP contribution in [0.15, 0.2) is 12.4 Å². The van der Waals surface area contributed by atoms with Gasteiger partial charge in [0, 0.05) is 0 Å². The number of aromatic nitrogens is 2. The molecule has 1 heterocycles. The molecule has 0 aliphatic heterocycles. The van der Waals surface area contributed by atoms with E-state index in [1.165, 1.54) is 0 Å². The Morgan fingerprint density at radius 3 is 2.67 bits per heavy atom. The predicted octanol–water partition coefficient (Wildman–Crippen LogP) is 0.729. The van der Waals surface area contributed by atoms with Crippen LogP contribution >= 0.6 is 0 Å². The monoisotopic (exact) mass is 205 g/mol. The van der Waals surface area contributed by atoms with Crippen molar-refractivity contribution >= 4 is 0 Å². The minimum absolute atomic E-state index is 0.353. The van der Waals surface area contributed by atoms with Crippen LogP contribution in [0, 0.1) is 18.8 Å². The quantitative estimate of drug-likeness (QED) is 0.682. The molecule has 1 rings (SSSR count). The van der Waals surface area contributed by atoms with E-state index >= 15 is 0 Å². The molecule has 0 N–H and O–H groups in total. The normalized spacial score (nSPS) is 9.60. The molecule has 80 valence electrons. The Bertz CT molecular complexity index is 348. The Kier molecular flexibility index (Phi) is 4.58. The molecule has 0 saturated carbocycles. The third-order valence-corrected chi connectivity index (χ3v) is 1.57. The molecule has 0 atom stereocenters. The summed E-state index contributed by atoms with van der Waals surface area (Å²) in [7, 11) is 3.95. The molecular formula is C11H15N3O. The van der Waals surface area contributed by atoms with Gasteiger partial charge in [-0.2, -0.15) is 0 Å². The standard InChI is InChI=1S/C11H15N3O/c1-10-8-13-11(9-12-10)15-7-5-4-6-14(2)3/h8-9H,6-7H2,1-3H3. The van der Waals surface area contributed by atoms with Crippen molar-refractivity contribution in [2.45, 2.75) is 6.92 Å². The smallest absolute Gasteiger partial charge is 0.233 e. The third kappa shape index (κ3) is 4.99. The van der Waals surface area contributed by atoms with Crippen LogP contribution in [0.1, 0.15) is 5.69 Å². The van der Waals surface area contributed by atoms with Crippen LogP contribution in [-0.2, 0) is 0 Å². The first-order valence-corrected chi connectivity index (χ1v) is 4.70. The van der Waals surface area contributed by atoms with Crippen molar-refractivity contribution in [2.75, 3.05) is 27.2 Å². The largest absolute Gasteiger partial charge is 0.463 e. The number of ether oxygens (including phenoxy) is 1. The second-order valence-corrected chi connectivity index (χ2v) is 3.38. The molecule has 0 aliphatic carbocycles. The molecule has 0 radical (unpaired) electrons. The summed E-state index contributed by atoms with van der Waals surface area (Å²) in [6.07, 6.45) is 3.27. The summed E-state index contributed by atoms with van der Waals surface area (Å²) in [5.74, 6) is 6.38. The van der Waals surface area contributed by atoms with Gasteiger partial charge in [-0.3, -0.25) is 9.88 Å². The van der Waals surface area contributed by atoms with Gasteiger partial charge in [0.25, 0.3) is 0 Å². The van der Waals surface area contributed by atoms with Crippen molar-refractivity contribution in [1.29, 1.82) is 0 Å². The number of hydrogen-bond donors (Lipinski definition) is 0. The van der Waals surface area contributed by atoms with Gasteiger partial charge < -0.3 is 4.74 Å². The van der Waals surface area contributed by atoms with E-state index in [0.717, 1.165) is 12.2 Å². The van der Waals surface area contributed by atoms with Crippen LogP contribution in [0.2, 0.25) is 0 Å². The summed E-state index contributed by atoms with van der Waals surface area (Å²) in [4.78, 5) is 10.1. The first-order chi connectivity index (χ1) is 7.18. The molecule has 15 heavy (non-hydrogen) atoms. The first-order valence-electron chi connectivity index (χ1n) is 4.70. The Hall–Kier alpha value is -1.60. The molecule has 0 aliphatic rings. The van der Waals surface area contributed by atoms with Gasteiger partial charge in [0.2, 0.25) is 5.88 Å². The minimum Gasteiger partial charge on any atom is -0.463 e. The van der Waals surface area contributed by atoms with Gasteiger partial charge in [-0.25, -0.2) is 4.98 Å². The summed E-state index contributed by atoms with van der Waals surface area (Å²) in [5.41, 5.74) is 0.876. The molecule has 0 bridgehead atoms. The topological polar surface area (TPSA) is 38.2 Å². The Labute approximate surface area is 90.3 Å². The molecule has 0 amide bonds. The van der Waals surface area contributed by atoms with Crippen molar-refractivity contribution in [1.82, 2.24) is 14.9 Å². The molecular weight excluding hydrogens is 190 g/mol. The fourth-order valence-electron chi connectivity index (χ4n) is 0.830. The van der Waals surface area contributed by atoms with E-state index in [9.17, 15) is 0 Å². The average Bonchev–Trinajstić information content (AvgIpc) is 2.20. The molecule has 0 saturated heterocycles. The fourth-order valence-corrected chi connectivity index (χ4v) is 0.830. The van der Waals surface area contributed by atoms with Gasteiger partial charge in [0.05, 0.1) is 24.6 Å². The Morgan fingerprint density at radius 2 is 2.07 bits per heavy atom. The maximum absolute atomic E-state index is 5.28. The number of nitrogens with zero attached hydrogens (tertiary/aromatic N) is 3. The summed E-state index contributed by atoms with van der Waals surface area (Å²) >= 11 is 0. The van der Waals surface area contributed by atoms with Gasteiger partial charge >= 0.3 is 0 Å². The van der Waals surface area contributed by atoms with E-state index in [1.54, 1.807) is 12.4 Å². The maximum Gasteiger partial charge on any atom is 0.233 e. The number of aryl methyl sites for hydroxylation is 1. The van der Waals surface area contributed by atoms with Crippen molar-refractivity contribution < 1.29 is 4.74 Å². The molecule has 0 fully saturated rings. The minimum atomic E-state index is 0.353. The Balaban J connectivity index is 2.30. The fraction of sp³-hybridized carbons (Fsp3) is 0.455. The van der Waals surface area contributed by atoms with Crippen molar-refractivity contribution in [3.63, 3.8) is 0 Å². The van der Waals surface area contributed by atoms with Gasteiger partial charge in [-0.1, -0.05) is 11.8 Å². The lowest BCUT2D eigenvalue weighted by Gasteiger charge is -2.01. The number of rotatable bonds is 3. The van der Waals surface area contributed by atoms with E-state index in [1.807, 2.05) is 25.9 Å². The van der Waals surface area contributed by atoms with E-state index < -0.39 is 0 Å². The number of hydrogen-bond acceptors (Lipinski definition) is 4. The lowest BCUT2D eigenvalue weighted by atomic mass is 10.5. The summed E-state index contributed by atoms with van der Waals surface area (Å²) in [6, 6.07) is 0. The molecule has 1 aromatic rings. The van der Waals surface area contributed by atoms with E-state index in [-0.39, 0.29) is 0 Å². The van der Waals surface area contributed by atoms with E-state index in [2.05, 4.69) is 21.8 Å². The van der Waals surface area contributed by atoms with E-state index in [4.69, 9.17) is 4.74 Å². The van der Waals surface area contributed by atoms with Gasteiger partial charge in [0.1, 0.15) is 0 Å². The second-order valence-electron chi connectivity index (χ2n) is 3.38. The zero-order valence-electron chi connectivity index (χ0n) is 9.32. The van der Waals surface area contributed by atoms with Crippen LogP contribution < -0.4 is 4.74 Å². The third-order valence-electron chi connectivity index (χ3n) is 1.57. The van der Waals surface area contributed by atoms with Crippen molar-refractivity contribution in [3.05, 3.63) is 18.1 Å². The highest BCUT2D eigenvalue weighted by atomic mass is 16.5. The van der Waals surface area contributed by atoms with Crippen molar-refractivity contribution in [2.24, 2.45) is 0 Å². The maximum atomic E-state index is 5.28. The second kappa shape index (κ2) is 5.99. The Morgan fingerprint density at radius 1 is 1.27 bits per heavy atom. The highest BCUT2D eigenvalue weighted by Crippen LogP contribution is 2.01. The summed E-state index contributed by atoms with van der Waals surface area (Å²) in [6.45, 7) is 2.97. The van der Waals surface area contributed by atoms with Crippen molar-refractivity contribution in [3.8, 4) is 17.7 Å². The highest BCUT2D eigenvalue weighted by Gasteiger charge is 1.92. The van der Waals surface area contributed by atoms with Crippen LogP contribution in [0.25, 0.3) is 0 Å². The van der Waals surface area contributed by atoms with E-state index in [0.29, 0.717) is 12.5 Å². The van der Waals surface area contributed by atoms with Crippen LogP contribution in [0.5, 0.6) is 5.88 Å². The zero-order valence-corrected chi connectivity index (χ0v) is 9.32. The van der Waals surface area contributed by atoms with Gasteiger partial charge in [0.15, 0.2) is 6.61 Å². The first kappa shape index (κ1) is 11.5. The van der Waals surface area contributed by atoms with Crippen LogP contribution in [0.4, 0.5) is 0 Å². The molecule has 0 spiro atoms. The summed E-state index contributed by atoms with van der Waals surface area (Å²) in [5, 5.41) is 0. The SMILES string of the molecule is Cc1cnc(OCC#CCN(C)C)cn1. The molecule has 4 heteroatoms. The molecule has 1 aromatic heterocycles. The van der Waals surface area contributed by atoms with Gasteiger partial charge in [-0.15, -0.1) is 0 Å². The van der Waals surface area contributed by atoms with Crippen LogP contribution in [0.3, 0.4) is 0 Å². The van der Waals surface area contributed by atoms with Gasteiger partial charge in [-0.05, 0) is 21.0 Å². The molecule has 4 nitrogen and oxygen atoms in total. The lowest BCUT2D eigenvalue weighted by molar-refractivity contribution is 0.353. The molecule has 0 aromatic carbocycles.